The third kappa shape index (κ3) is 4.62. The Morgan fingerprint density at radius 2 is 1.53 bits per heavy atom. The van der Waals surface area contributed by atoms with E-state index in [4.69, 9.17) is 0 Å². The lowest BCUT2D eigenvalue weighted by molar-refractivity contribution is 0.0257. The maximum atomic E-state index is 10.4. The first-order valence-electron chi connectivity index (χ1n) is 7.38. The quantitative estimate of drug-likeness (QED) is 0.770. The molecule has 4 atom stereocenters. The first kappa shape index (κ1) is 15.0. The van der Waals surface area contributed by atoms with Crippen molar-refractivity contribution in [2.75, 3.05) is 0 Å². The van der Waals surface area contributed by atoms with E-state index in [9.17, 15) is 5.11 Å². The third-order valence-electron chi connectivity index (χ3n) is 4.83. The zero-order chi connectivity index (χ0) is 13.2. The summed E-state index contributed by atoms with van der Waals surface area (Å²) in [5, 5.41) is 10.4. The number of aliphatic hydroxyl groups excluding tert-OH is 1. The molecular formula is C16H32O. The monoisotopic (exact) mass is 240 g/mol. The smallest absolute Gasteiger partial charge is 0.0571 e. The van der Waals surface area contributed by atoms with Gasteiger partial charge in [0.15, 0.2) is 0 Å². The van der Waals surface area contributed by atoms with Crippen LogP contribution in [0.2, 0.25) is 0 Å². The standard InChI is InChI=1S/C16H32O/c1-11-7-12(2)9-14(8-11)15(17)10-13(3)16(4,5)6/h11-15,17H,7-10H2,1-6H3. The molecule has 1 aliphatic rings. The van der Waals surface area contributed by atoms with Crippen molar-refractivity contribution in [1.82, 2.24) is 0 Å². The zero-order valence-corrected chi connectivity index (χ0v) is 12.7. The lowest BCUT2D eigenvalue weighted by Gasteiger charge is -2.37. The summed E-state index contributed by atoms with van der Waals surface area (Å²) in [6.07, 6.45) is 4.67. The molecule has 0 saturated heterocycles. The van der Waals surface area contributed by atoms with Crippen molar-refractivity contribution in [3.8, 4) is 0 Å². The van der Waals surface area contributed by atoms with Gasteiger partial charge >= 0.3 is 0 Å². The minimum Gasteiger partial charge on any atom is -0.393 e. The maximum Gasteiger partial charge on any atom is 0.0571 e. The van der Waals surface area contributed by atoms with Crippen LogP contribution in [0.1, 0.15) is 67.2 Å². The second-order valence-corrected chi connectivity index (χ2v) is 7.75. The van der Waals surface area contributed by atoms with Crippen LogP contribution in [0, 0.1) is 29.1 Å². The first-order valence-corrected chi connectivity index (χ1v) is 7.38. The molecule has 0 heterocycles. The molecule has 1 saturated carbocycles. The fourth-order valence-corrected chi connectivity index (χ4v) is 3.23. The van der Waals surface area contributed by atoms with Crippen LogP contribution in [0.4, 0.5) is 0 Å². The molecule has 0 aromatic heterocycles. The molecule has 0 aliphatic heterocycles. The topological polar surface area (TPSA) is 20.2 Å². The molecule has 1 nitrogen and oxygen atoms in total. The van der Waals surface area contributed by atoms with Crippen LogP contribution in [0.3, 0.4) is 0 Å². The summed E-state index contributed by atoms with van der Waals surface area (Å²) in [6, 6.07) is 0. The molecule has 102 valence electrons. The Morgan fingerprint density at radius 1 is 1.06 bits per heavy atom. The predicted molar refractivity (Wildman–Crippen MR) is 74.9 cm³/mol. The van der Waals surface area contributed by atoms with E-state index in [-0.39, 0.29) is 6.10 Å². The van der Waals surface area contributed by atoms with Gasteiger partial charge in [0.05, 0.1) is 6.10 Å². The summed E-state index contributed by atoms with van der Waals surface area (Å²) in [4.78, 5) is 0. The molecule has 1 heteroatoms. The summed E-state index contributed by atoms with van der Waals surface area (Å²) < 4.78 is 0. The van der Waals surface area contributed by atoms with Gasteiger partial charge in [-0.15, -0.1) is 0 Å². The Labute approximate surface area is 108 Å². The largest absolute Gasteiger partial charge is 0.393 e. The van der Waals surface area contributed by atoms with Crippen LogP contribution in [0.5, 0.6) is 0 Å². The summed E-state index contributed by atoms with van der Waals surface area (Å²) in [7, 11) is 0. The maximum absolute atomic E-state index is 10.4. The molecule has 17 heavy (non-hydrogen) atoms. The number of hydrogen-bond acceptors (Lipinski definition) is 1. The van der Waals surface area contributed by atoms with Gasteiger partial charge in [-0.2, -0.15) is 0 Å². The Hall–Kier alpha value is -0.0400. The predicted octanol–water partition coefficient (Wildman–Crippen LogP) is 4.49. The van der Waals surface area contributed by atoms with E-state index in [1.54, 1.807) is 0 Å². The summed E-state index contributed by atoms with van der Waals surface area (Å²) >= 11 is 0. The van der Waals surface area contributed by atoms with Gasteiger partial charge in [-0.3, -0.25) is 0 Å². The van der Waals surface area contributed by atoms with Crippen LogP contribution in [0.15, 0.2) is 0 Å². The molecule has 1 N–H and O–H groups in total. The molecular weight excluding hydrogens is 208 g/mol. The highest BCUT2D eigenvalue weighted by Crippen LogP contribution is 2.38. The van der Waals surface area contributed by atoms with Crippen LogP contribution in [-0.4, -0.2) is 11.2 Å². The van der Waals surface area contributed by atoms with Gasteiger partial charge in [0.1, 0.15) is 0 Å². The van der Waals surface area contributed by atoms with Crippen molar-refractivity contribution in [2.45, 2.75) is 73.3 Å². The average Bonchev–Trinajstić information content (AvgIpc) is 2.14. The van der Waals surface area contributed by atoms with E-state index in [2.05, 4.69) is 41.5 Å². The second-order valence-electron chi connectivity index (χ2n) is 7.75. The highest BCUT2D eigenvalue weighted by atomic mass is 16.3. The van der Waals surface area contributed by atoms with Crippen molar-refractivity contribution < 1.29 is 5.11 Å². The third-order valence-corrected chi connectivity index (χ3v) is 4.83. The van der Waals surface area contributed by atoms with Crippen LogP contribution < -0.4 is 0 Å². The molecule has 1 rings (SSSR count). The van der Waals surface area contributed by atoms with Crippen molar-refractivity contribution in [3.63, 3.8) is 0 Å². The van der Waals surface area contributed by atoms with Gasteiger partial charge in [0, 0.05) is 0 Å². The molecule has 0 spiro atoms. The Balaban J connectivity index is 2.49. The van der Waals surface area contributed by atoms with Gasteiger partial charge < -0.3 is 5.11 Å². The molecule has 1 aliphatic carbocycles. The fraction of sp³-hybridized carbons (Fsp3) is 1.00. The Morgan fingerprint density at radius 3 is 1.94 bits per heavy atom. The molecule has 0 amide bonds. The van der Waals surface area contributed by atoms with E-state index in [1.165, 1.54) is 19.3 Å². The van der Waals surface area contributed by atoms with Crippen molar-refractivity contribution in [1.29, 1.82) is 0 Å². The molecule has 0 aromatic carbocycles. The minimum atomic E-state index is -0.0885. The van der Waals surface area contributed by atoms with E-state index in [0.717, 1.165) is 18.3 Å². The van der Waals surface area contributed by atoms with Crippen molar-refractivity contribution in [3.05, 3.63) is 0 Å². The van der Waals surface area contributed by atoms with E-state index in [1.807, 2.05) is 0 Å². The average molecular weight is 240 g/mol. The van der Waals surface area contributed by atoms with E-state index < -0.39 is 0 Å². The van der Waals surface area contributed by atoms with Gasteiger partial charge in [-0.25, -0.2) is 0 Å². The number of hydrogen-bond donors (Lipinski definition) is 1. The molecule has 0 aromatic rings. The lowest BCUT2D eigenvalue weighted by Crippen LogP contribution is -2.32. The van der Waals surface area contributed by atoms with E-state index >= 15 is 0 Å². The van der Waals surface area contributed by atoms with Crippen LogP contribution in [0.25, 0.3) is 0 Å². The van der Waals surface area contributed by atoms with Gasteiger partial charge in [0.2, 0.25) is 0 Å². The fourth-order valence-electron chi connectivity index (χ4n) is 3.23. The minimum absolute atomic E-state index is 0.0885. The highest BCUT2D eigenvalue weighted by Gasteiger charge is 2.31. The summed E-state index contributed by atoms with van der Waals surface area (Å²) in [6.45, 7) is 13.8. The summed E-state index contributed by atoms with van der Waals surface area (Å²) in [5.41, 5.74) is 0.312. The lowest BCUT2D eigenvalue weighted by atomic mass is 9.71. The Bertz CT molecular complexity index is 218. The second kappa shape index (κ2) is 5.73. The zero-order valence-electron chi connectivity index (χ0n) is 12.7. The summed E-state index contributed by atoms with van der Waals surface area (Å²) in [5.74, 6) is 2.72. The van der Waals surface area contributed by atoms with Crippen molar-refractivity contribution in [2.24, 2.45) is 29.1 Å². The SMILES string of the molecule is CC1CC(C)CC(C(O)CC(C)C(C)(C)C)C1. The normalized spacial score (nSPS) is 34.4. The van der Waals surface area contributed by atoms with Crippen LogP contribution in [-0.2, 0) is 0 Å². The van der Waals surface area contributed by atoms with Crippen molar-refractivity contribution >= 4 is 0 Å². The molecule has 4 unspecified atom stereocenters. The highest BCUT2D eigenvalue weighted by molar-refractivity contribution is 4.82. The van der Waals surface area contributed by atoms with Gasteiger partial charge in [0.25, 0.3) is 0 Å². The van der Waals surface area contributed by atoms with E-state index in [0.29, 0.717) is 17.3 Å². The first-order chi connectivity index (χ1) is 7.70. The Kier molecular flexibility index (Phi) is 5.07. The number of rotatable bonds is 3. The number of aliphatic hydroxyl groups is 1. The molecule has 1 fully saturated rings. The van der Waals surface area contributed by atoms with Gasteiger partial charge in [-0.05, 0) is 54.8 Å². The van der Waals surface area contributed by atoms with Gasteiger partial charge in [-0.1, -0.05) is 41.5 Å². The van der Waals surface area contributed by atoms with Crippen LogP contribution >= 0.6 is 0 Å². The molecule has 0 radical (unpaired) electrons. The molecule has 0 bridgehead atoms.